The molecule has 11 aromatic rings. The van der Waals surface area contributed by atoms with Crippen molar-refractivity contribution in [3.63, 3.8) is 0 Å². The molecule has 0 saturated carbocycles. The number of hydrogen-bond acceptors (Lipinski definition) is 2. The lowest BCUT2D eigenvalue weighted by molar-refractivity contribution is 0.670. The molecule has 0 radical (unpaired) electrons. The zero-order valence-electron chi connectivity index (χ0n) is 33.4. The van der Waals surface area contributed by atoms with E-state index in [4.69, 9.17) is 15.1 Å². The minimum atomic E-state index is 0.473. The van der Waals surface area contributed by atoms with E-state index < -0.39 is 0 Å². The molecule has 0 amide bonds. The van der Waals surface area contributed by atoms with Gasteiger partial charge in [-0.3, -0.25) is 0 Å². The van der Waals surface area contributed by atoms with Crippen molar-refractivity contribution in [2.24, 2.45) is 10.7 Å². The summed E-state index contributed by atoms with van der Waals surface area (Å²) in [5.41, 5.74) is 19.4. The van der Waals surface area contributed by atoms with Crippen molar-refractivity contribution in [1.82, 2.24) is 0 Å². The lowest BCUT2D eigenvalue weighted by atomic mass is 9.84. The fraction of sp³-hybridized carbons (Fsp3) is 0.0172. The third-order valence-corrected chi connectivity index (χ3v) is 11.9. The molecule has 0 aliphatic carbocycles. The van der Waals surface area contributed by atoms with Gasteiger partial charge in [-0.1, -0.05) is 212 Å². The Morgan fingerprint density at radius 3 is 1.89 bits per heavy atom. The molecule has 0 atom stereocenters. The average molecular weight is 781 g/mol. The zero-order valence-corrected chi connectivity index (χ0v) is 33.4. The first-order chi connectivity index (χ1) is 30.2. The van der Waals surface area contributed by atoms with Gasteiger partial charge in [-0.2, -0.15) is 0 Å². The molecule has 0 saturated heterocycles. The molecule has 2 N–H and O–H groups in total. The summed E-state index contributed by atoms with van der Waals surface area (Å²) in [7, 11) is 0. The highest BCUT2D eigenvalue weighted by atomic mass is 16.3. The van der Waals surface area contributed by atoms with Gasteiger partial charge in [-0.15, -0.1) is 0 Å². The van der Waals surface area contributed by atoms with Crippen LogP contribution in [0.2, 0.25) is 0 Å². The van der Waals surface area contributed by atoms with E-state index >= 15 is 0 Å². The van der Waals surface area contributed by atoms with Crippen molar-refractivity contribution < 1.29 is 4.42 Å². The molecular weight excluding hydrogens is 741 g/mol. The van der Waals surface area contributed by atoms with E-state index in [1.165, 1.54) is 49.0 Å². The number of allylic oxidation sites excluding steroid dienone is 1. The van der Waals surface area contributed by atoms with Gasteiger partial charge < -0.3 is 10.2 Å². The van der Waals surface area contributed by atoms with Crippen LogP contribution in [0.15, 0.2) is 228 Å². The molecule has 288 valence electrons. The van der Waals surface area contributed by atoms with Crippen LogP contribution < -0.4 is 5.73 Å². The maximum absolute atomic E-state index is 6.75. The maximum atomic E-state index is 6.75. The van der Waals surface area contributed by atoms with Crippen molar-refractivity contribution in [3.8, 4) is 33.4 Å². The molecule has 0 unspecified atom stereocenters. The summed E-state index contributed by atoms with van der Waals surface area (Å²) in [4.78, 5) is 5.11. The molecule has 1 aromatic heterocycles. The summed E-state index contributed by atoms with van der Waals surface area (Å²) in [5, 5.41) is 9.65. The Kier molecular flexibility index (Phi) is 9.05. The third-order valence-electron chi connectivity index (χ3n) is 11.9. The van der Waals surface area contributed by atoms with Gasteiger partial charge in [0.2, 0.25) is 0 Å². The highest BCUT2D eigenvalue weighted by Crippen LogP contribution is 2.46. The number of para-hydroxylation sites is 2. The summed E-state index contributed by atoms with van der Waals surface area (Å²) in [6.07, 6.45) is 2.85. The first-order valence-corrected chi connectivity index (χ1v) is 20.8. The first kappa shape index (κ1) is 36.1. The molecule has 0 aliphatic heterocycles. The van der Waals surface area contributed by atoms with Gasteiger partial charge in [0.05, 0.1) is 5.70 Å². The maximum Gasteiger partial charge on any atom is 0.143 e. The lowest BCUT2D eigenvalue weighted by Gasteiger charge is -2.19. The number of nitrogens with zero attached hydrogens (tertiary/aromatic N) is 1. The summed E-state index contributed by atoms with van der Waals surface area (Å²) in [6, 6.07) is 75.1. The van der Waals surface area contributed by atoms with Crippen LogP contribution in [-0.2, 0) is 6.42 Å². The second-order valence-electron chi connectivity index (χ2n) is 15.6. The monoisotopic (exact) mass is 780 g/mol. The normalized spacial score (nSPS) is 12.3. The van der Waals surface area contributed by atoms with E-state index in [0.29, 0.717) is 12.3 Å². The fourth-order valence-electron chi connectivity index (χ4n) is 9.06. The predicted molar refractivity (Wildman–Crippen MR) is 258 cm³/mol. The van der Waals surface area contributed by atoms with Gasteiger partial charge in [0.25, 0.3) is 0 Å². The van der Waals surface area contributed by atoms with E-state index in [0.717, 1.165) is 61.0 Å². The van der Waals surface area contributed by atoms with Crippen LogP contribution in [0.25, 0.3) is 93.3 Å². The number of rotatable bonds is 8. The second kappa shape index (κ2) is 15.3. The van der Waals surface area contributed by atoms with E-state index in [2.05, 4.69) is 176 Å². The van der Waals surface area contributed by atoms with Gasteiger partial charge in [0.1, 0.15) is 17.0 Å². The number of amidine groups is 1. The van der Waals surface area contributed by atoms with Crippen LogP contribution in [0.5, 0.6) is 0 Å². The van der Waals surface area contributed by atoms with Crippen molar-refractivity contribution in [2.45, 2.75) is 6.42 Å². The molecule has 61 heavy (non-hydrogen) atoms. The average Bonchev–Trinajstić information content (AvgIpc) is 3.72. The largest absolute Gasteiger partial charge is 0.455 e. The molecule has 0 aliphatic rings. The van der Waals surface area contributed by atoms with Crippen molar-refractivity contribution in [2.75, 3.05) is 0 Å². The minimum absolute atomic E-state index is 0.473. The summed E-state index contributed by atoms with van der Waals surface area (Å²) in [5.74, 6) is 0.473. The van der Waals surface area contributed by atoms with Crippen LogP contribution in [-0.4, -0.2) is 5.84 Å². The van der Waals surface area contributed by atoms with Gasteiger partial charge in [-0.25, -0.2) is 4.99 Å². The van der Waals surface area contributed by atoms with Crippen LogP contribution >= 0.6 is 0 Å². The van der Waals surface area contributed by atoms with E-state index in [-0.39, 0.29) is 0 Å². The Labute approximate surface area is 354 Å². The number of aliphatic imine (C=N–C) groups is 1. The Morgan fingerprint density at radius 2 is 1.08 bits per heavy atom. The summed E-state index contributed by atoms with van der Waals surface area (Å²) >= 11 is 0. The third kappa shape index (κ3) is 6.54. The molecule has 0 bridgehead atoms. The van der Waals surface area contributed by atoms with Crippen molar-refractivity contribution in [3.05, 3.63) is 235 Å². The number of nitrogens with two attached hydrogens (primary N) is 1. The lowest BCUT2D eigenvalue weighted by Crippen LogP contribution is -2.13. The smallest absolute Gasteiger partial charge is 0.143 e. The van der Waals surface area contributed by atoms with Gasteiger partial charge >= 0.3 is 0 Å². The number of hydrogen-bond donors (Lipinski definition) is 1. The predicted octanol–water partition coefficient (Wildman–Crippen LogP) is 15.0. The number of benzene rings is 10. The Bertz CT molecular complexity index is 3490. The number of fused-ring (bicyclic) bond motifs is 7. The Morgan fingerprint density at radius 1 is 0.459 bits per heavy atom. The van der Waals surface area contributed by atoms with E-state index in [1.54, 1.807) is 0 Å². The minimum Gasteiger partial charge on any atom is -0.455 e. The molecule has 3 heteroatoms. The molecule has 1 heterocycles. The van der Waals surface area contributed by atoms with Crippen LogP contribution in [0.3, 0.4) is 0 Å². The standard InChI is InChI=1S/C58H40N2O/c59-58(43-19-5-2-6-20-43)60-52(36-29-38-15-13-21-44(37-38)46-26-14-27-50-47-23-11-12-28-53(47)61-57(46)50)40-30-32-42(33-31-40)55-49-25-10-9-24-48(49)54(41-17-3-1-4-18-41)51-35-34-39-16-7-8-22-45(39)56(51)55/h1-28,30-37H,29H2,(H2,59,60)/b52-36-. The highest BCUT2D eigenvalue weighted by molar-refractivity contribution is 6.28. The molecule has 0 fully saturated rings. The molecular formula is C58H40N2O. The molecule has 11 rings (SSSR count). The molecule has 10 aromatic carbocycles. The van der Waals surface area contributed by atoms with Crippen LogP contribution in [0.4, 0.5) is 0 Å². The zero-order chi connectivity index (χ0) is 40.7. The summed E-state index contributed by atoms with van der Waals surface area (Å²) < 4.78 is 6.41. The Hall–Kier alpha value is -8.01. The van der Waals surface area contributed by atoms with E-state index in [9.17, 15) is 0 Å². The van der Waals surface area contributed by atoms with Crippen LogP contribution in [0, 0.1) is 0 Å². The van der Waals surface area contributed by atoms with Gasteiger partial charge in [-0.05, 0) is 83.7 Å². The fourth-order valence-corrected chi connectivity index (χ4v) is 9.06. The van der Waals surface area contributed by atoms with Gasteiger partial charge in [0.15, 0.2) is 0 Å². The second-order valence-corrected chi connectivity index (χ2v) is 15.6. The summed E-state index contributed by atoms with van der Waals surface area (Å²) in [6.45, 7) is 0. The topological polar surface area (TPSA) is 51.5 Å². The quantitative estimate of drug-likeness (QED) is 0.0722. The first-order valence-electron chi connectivity index (χ1n) is 20.8. The van der Waals surface area contributed by atoms with Crippen molar-refractivity contribution in [1.29, 1.82) is 0 Å². The molecule has 3 nitrogen and oxygen atoms in total. The number of furan rings is 1. The van der Waals surface area contributed by atoms with E-state index in [1.807, 2.05) is 42.5 Å². The SMILES string of the molecule is NC(=N/C(=C\Cc1cccc(-c2cccc3c2oc2ccccc23)c1)c1ccc(-c2c3ccccc3c(-c3ccccc3)c3ccc4ccccc4c23)cc1)c1ccccc1. The van der Waals surface area contributed by atoms with Crippen molar-refractivity contribution >= 4 is 65.8 Å². The highest BCUT2D eigenvalue weighted by Gasteiger charge is 2.19. The molecule has 0 spiro atoms. The Balaban J connectivity index is 1.03. The van der Waals surface area contributed by atoms with Gasteiger partial charge in [0, 0.05) is 21.9 Å². The van der Waals surface area contributed by atoms with Crippen LogP contribution in [0.1, 0.15) is 16.7 Å².